The largest absolute Gasteiger partial charge is 0.454 e. The molecule has 2 aliphatic rings. The molecule has 0 N–H and O–H groups in total. The van der Waals surface area contributed by atoms with Crippen molar-refractivity contribution < 1.29 is 14.2 Å². The van der Waals surface area contributed by atoms with Crippen LogP contribution in [-0.2, 0) is 16.8 Å². The fraction of sp³-hybridized carbons (Fsp3) is 0.333. The molecule has 0 bridgehead atoms. The maximum absolute atomic E-state index is 6.40. The van der Waals surface area contributed by atoms with Crippen LogP contribution >= 0.6 is 0 Å². The van der Waals surface area contributed by atoms with E-state index in [1.807, 2.05) is 13.2 Å². The summed E-state index contributed by atoms with van der Waals surface area (Å²) >= 11 is 0. The molecular weight excluding hydrogens is 386 g/mol. The summed E-state index contributed by atoms with van der Waals surface area (Å²) in [6.45, 7) is 3.45. The molecule has 2 heterocycles. The number of likely N-dealkylation sites (tertiary alicyclic amines) is 1. The summed E-state index contributed by atoms with van der Waals surface area (Å²) in [4.78, 5) is 2.56. The lowest BCUT2D eigenvalue weighted by Crippen LogP contribution is -2.40. The fourth-order valence-electron chi connectivity index (χ4n) is 5.16. The number of rotatable bonds is 7. The average Bonchev–Trinajstić information content (AvgIpc) is 3.50. The smallest absolute Gasteiger partial charge is 0.231 e. The first kappa shape index (κ1) is 20.1. The van der Waals surface area contributed by atoms with Crippen LogP contribution in [0.3, 0.4) is 0 Å². The van der Waals surface area contributed by atoms with Crippen LogP contribution in [0, 0.1) is 5.92 Å². The second-order valence-corrected chi connectivity index (χ2v) is 8.40. The van der Waals surface area contributed by atoms with Crippen LogP contribution in [0.25, 0.3) is 0 Å². The molecule has 160 valence electrons. The van der Waals surface area contributed by atoms with Gasteiger partial charge < -0.3 is 19.1 Å². The van der Waals surface area contributed by atoms with Crippen LogP contribution in [0.5, 0.6) is 11.5 Å². The quantitative estimate of drug-likeness (QED) is 0.551. The third-order valence-electron chi connectivity index (χ3n) is 6.73. The molecule has 4 heteroatoms. The minimum absolute atomic E-state index is 0.324. The zero-order valence-electron chi connectivity index (χ0n) is 18.0. The molecule has 2 aliphatic heterocycles. The first-order chi connectivity index (χ1) is 15.3. The molecule has 1 saturated heterocycles. The number of benzene rings is 3. The van der Waals surface area contributed by atoms with E-state index < -0.39 is 5.60 Å². The van der Waals surface area contributed by atoms with Crippen LogP contribution in [-0.4, -0.2) is 38.4 Å². The summed E-state index contributed by atoms with van der Waals surface area (Å²) in [6.07, 6.45) is 2.11. The summed E-state index contributed by atoms with van der Waals surface area (Å²) in [7, 11) is 1.86. The molecule has 1 unspecified atom stereocenters. The summed E-state index contributed by atoms with van der Waals surface area (Å²) in [5, 5.41) is 0. The Morgan fingerprint density at radius 3 is 2.26 bits per heavy atom. The van der Waals surface area contributed by atoms with Crippen LogP contribution in [0.4, 0.5) is 0 Å². The van der Waals surface area contributed by atoms with Crippen molar-refractivity contribution in [3.8, 4) is 11.5 Å². The van der Waals surface area contributed by atoms with E-state index in [0.29, 0.717) is 12.7 Å². The second kappa shape index (κ2) is 8.74. The van der Waals surface area contributed by atoms with Crippen molar-refractivity contribution in [3.63, 3.8) is 0 Å². The van der Waals surface area contributed by atoms with Gasteiger partial charge in [-0.15, -0.1) is 0 Å². The topological polar surface area (TPSA) is 30.9 Å². The van der Waals surface area contributed by atoms with Crippen molar-refractivity contribution in [2.75, 3.05) is 33.5 Å². The Morgan fingerprint density at radius 1 is 0.903 bits per heavy atom. The highest BCUT2D eigenvalue weighted by molar-refractivity contribution is 5.44. The Kier molecular flexibility index (Phi) is 5.66. The van der Waals surface area contributed by atoms with Gasteiger partial charge in [-0.2, -0.15) is 0 Å². The summed E-state index contributed by atoms with van der Waals surface area (Å²) in [5.41, 5.74) is 3.31. The third kappa shape index (κ3) is 3.82. The Hall–Kier alpha value is -2.82. The van der Waals surface area contributed by atoms with Gasteiger partial charge in [-0.1, -0.05) is 66.7 Å². The van der Waals surface area contributed by atoms with Gasteiger partial charge in [0.2, 0.25) is 6.79 Å². The van der Waals surface area contributed by atoms with E-state index >= 15 is 0 Å². The van der Waals surface area contributed by atoms with Crippen molar-refractivity contribution in [2.24, 2.45) is 5.92 Å². The number of fused-ring (bicyclic) bond motifs is 1. The minimum Gasteiger partial charge on any atom is -0.454 e. The van der Waals surface area contributed by atoms with E-state index in [2.05, 4.69) is 77.7 Å². The molecule has 0 aromatic heterocycles. The predicted molar refractivity (Wildman–Crippen MR) is 121 cm³/mol. The summed E-state index contributed by atoms with van der Waals surface area (Å²) in [5.74, 6) is 2.10. The van der Waals surface area contributed by atoms with Crippen LogP contribution in [0.1, 0.15) is 23.1 Å². The van der Waals surface area contributed by atoms with Gasteiger partial charge in [-0.05, 0) is 48.2 Å². The number of nitrogens with zero attached hydrogens (tertiary/aromatic N) is 1. The summed E-state index contributed by atoms with van der Waals surface area (Å²) in [6, 6.07) is 27.7. The van der Waals surface area contributed by atoms with Gasteiger partial charge in [0.25, 0.3) is 0 Å². The molecule has 4 nitrogen and oxygen atoms in total. The van der Waals surface area contributed by atoms with E-state index in [0.717, 1.165) is 44.0 Å². The lowest BCUT2D eigenvalue weighted by molar-refractivity contribution is -0.0262. The van der Waals surface area contributed by atoms with Crippen LogP contribution < -0.4 is 9.47 Å². The molecule has 1 fully saturated rings. The van der Waals surface area contributed by atoms with Gasteiger partial charge in [0.15, 0.2) is 11.5 Å². The van der Waals surface area contributed by atoms with Crippen molar-refractivity contribution >= 4 is 0 Å². The van der Waals surface area contributed by atoms with Gasteiger partial charge in [0.1, 0.15) is 5.60 Å². The van der Waals surface area contributed by atoms with Gasteiger partial charge in [0.05, 0.1) is 0 Å². The van der Waals surface area contributed by atoms with E-state index in [9.17, 15) is 0 Å². The molecule has 31 heavy (non-hydrogen) atoms. The zero-order chi connectivity index (χ0) is 21.1. The molecule has 1 atom stereocenters. The van der Waals surface area contributed by atoms with Crippen molar-refractivity contribution in [3.05, 3.63) is 95.6 Å². The molecule has 0 saturated carbocycles. The highest BCUT2D eigenvalue weighted by atomic mass is 16.7. The number of hydrogen-bond acceptors (Lipinski definition) is 4. The van der Waals surface area contributed by atoms with Crippen molar-refractivity contribution in [1.82, 2.24) is 4.90 Å². The Bertz CT molecular complexity index is 966. The standard InChI is InChI=1S/C27H29NO3/c1-29-27(22-8-4-2-5-9-22,23-10-6-3-7-11-23)24-15-17-28(19-24)16-14-21-12-13-25-26(18-21)31-20-30-25/h2-13,18,24H,14-17,19-20H2,1H3. The van der Waals surface area contributed by atoms with Gasteiger partial charge in [-0.25, -0.2) is 0 Å². The highest BCUT2D eigenvalue weighted by Crippen LogP contribution is 2.44. The Labute approximate surface area is 184 Å². The maximum atomic E-state index is 6.40. The average molecular weight is 416 g/mol. The monoisotopic (exact) mass is 415 g/mol. The predicted octanol–water partition coefficient (Wildman–Crippen LogP) is 4.87. The van der Waals surface area contributed by atoms with Crippen molar-refractivity contribution in [1.29, 1.82) is 0 Å². The van der Waals surface area contributed by atoms with E-state index in [1.54, 1.807) is 0 Å². The van der Waals surface area contributed by atoms with Crippen LogP contribution in [0.2, 0.25) is 0 Å². The van der Waals surface area contributed by atoms with E-state index in [-0.39, 0.29) is 0 Å². The Morgan fingerprint density at radius 2 is 1.58 bits per heavy atom. The number of ether oxygens (including phenoxy) is 3. The normalized spacial score (nSPS) is 18.4. The molecule has 0 radical (unpaired) electrons. The number of methoxy groups -OCH3 is 1. The summed E-state index contributed by atoms with van der Waals surface area (Å²) < 4.78 is 17.4. The van der Waals surface area contributed by atoms with Gasteiger partial charge >= 0.3 is 0 Å². The van der Waals surface area contributed by atoms with Crippen LogP contribution in [0.15, 0.2) is 78.9 Å². The maximum Gasteiger partial charge on any atom is 0.231 e. The molecule has 0 aliphatic carbocycles. The van der Waals surface area contributed by atoms with E-state index in [4.69, 9.17) is 14.2 Å². The first-order valence-electron chi connectivity index (χ1n) is 11.1. The van der Waals surface area contributed by atoms with Crippen molar-refractivity contribution in [2.45, 2.75) is 18.4 Å². The lowest BCUT2D eigenvalue weighted by Gasteiger charge is -2.39. The molecule has 3 aromatic rings. The first-order valence-corrected chi connectivity index (χ1v) is 11.1. The fourth-order valence-corrected chi connectivity index (χ4v) is 5.16. The molecular formula is C27H29NO3. The molecule has 5 rings (SSSR count). The van der Waals surface area contributed by atoms with Gasteiger partial charge in [0, 0.05) is 26.1 Å². The second-order valence-electron chi connectivity index (χ2n) is 8.40. The number of hydrogen-bond donors (Lipinski definition) is 0. The lowest BCUT2D eigenvalue weighted by atomic mass is 9.75. The van der Waals surface area contributed by atoms with Gasteiger partial charge in [-0.3, -0.25) is 0 Å². The molecule has 0 spiro atoms. The SMILES string of the molecule is COC(c1ccccc1)(c1ccccc1)C1CCN(CCc2ccc3c(c2)OCO3)C1. The minimum atomic E-state index is -0.435. The van der Waals surface area contributed by atoms with E-state index in [1.165, 1.54) is 16.7 Å². The molecule has 0 amide bonds. The third-order valence-corrected chi connectivity index (χ3v) is 6.73. The zero-order valence-corrected chi connectivity index (χ0v) is 18.0. The molecule has 3 aromatic carbocycles. The highest BCUT2D eigenvalue weighted by Gasteiger charge is 2.45. The Balaban J connectivity index is 1.34.